The highest BCUT2D eigenvalue weighted by atomic mass is 32.2. The van der Waals surface area contributed by atoms with Crippen LogP contribution in [-0.2, 0) is 4.79 Å². The molecule has 0 radical (unpaired) electrons. The molecule has 0 bridgehead atoms. The van der Waals surface area contributed by atoms with Crippen molar-refractivity contribution in [1.29, 1.82) is 0 Å². The largest absolute Gasteiger partial charge is 0.481 e. The van der Waals surface area contributed by atoms with Crippen LogP contribution in [0.4, 0.5) is 0 Å². The molecular formula is C18H34O2S. The van der Waals surface area contributed by atoms with E-state index in [1.54, 1.807) is 0 Å². The van der Waals surface area contributed by atoms with E-state index in [9.17, 15) is 4.79 Å². The van der Waals surface area contributed by atoms with Crippen molar-refractivity contribution in [3.63, 3.8) is 0 Å². The van der Waals surface area contributed by atoms with Crippen molar-refractivity contribution < 1.29 is 9.90 Å². The van der Waals surface area contributed by atoms with Crippen LogP contribution in [-0.4, -0.2) is 21.6 Å². The van der Waals surface area contributed by atoms with E-state index in [2.05, 4.69) is 18.7 Å². The highest BCUT2D eigenvalue weighted by molar-refractivity contribution is 8.00. The summed E-state index contributed by atoms with van der Waals surface area (Å²) in [6, 6.07) is 0. The van der Waals surface area contributed by atoms with Gasteiger partial charge in [0.1, 0.15) is 0 Å². The molecule has 0 spiro atoms. The smallest absolute Gasteiger partial charge is 0.303 e. The maximum atomic E-state index is 10.4. The molecule has 0 saturated carbocycles. The lowest BCUT2D eigenvalue weighted by Crippen LogP contribution is -1.98. The average molecular weight is 315 g/mol. The summed E-state index contributed by atoms with van der Waals surface area (Å²) < 4.78 is 0. The van der Waals surface area contributed by atoms with Crippen molar-refractivity contribution >= 4 is 17.7 Å². The van der Waals surface area contributed by atoms with Crippen LogP contribution in [0.5, 0.6) is 0 Å². The molecule has 0 aromatic heterocycles. The van der Waals surface area contributed by atoms with Gasteiger partial charge in [0.2, 0.25) is 0 Å². The van der Waals surface area contributed by atoms with E-state index in [1.807, 2.05) is 0 Å². The summed E-state index contributed by atoms with van der Waals surface area (Å²) >= 11 is 2.26. The Hall–Kier alpha value is -0.180. The van der Waals surface area contributed by atoms with Crippen LogP contribution in [0.2, 0.25) is 0 Å². The summed E-state index contributed by atoms with van der Waals surface area (Å²) in [6.45, 7) is 2.28. The van der Waals surface area contributed by atoms with Gasteiger partial charge in [0.15, 0.2) is 0 Å². The number of thioether (sulfide) groups is 1. The van der Waals surface area contributed by atoms with E-state index in [0.717, 1.165) is 23.3 Å². The number of carbonyl (C=O) groups is 1. The lowest BCUT2D eigenvalue weighted by atomic mass is 10.0. The van der Waals surface area contributed by atoms with E-state index < -0.39 is 5.97 Å². The molecule has 1 aliphatic heterocycles. The fourth-order valence-electron chi connectivity index (χ4n) is 3.18. The minimum absolute atomic E-state index is 0.345. The third kappa shape index (κ3) is 10.2. The van der Waals surface area contributed by atoms with Crippen LogP contribution in [0.1, 0.15) is 96.8 Å². The number of carboxylic acid groups (broad SMARTS) is 1. The van der Waals surface area contributed by atoms with Gasteiger partial charge in [-0.3, -0.25) is 4.79 Å². The quantitative estimate of drug-likeness (QED) is 0.421. The molecule has 1 saturated heterocycles. The molecule has 2 atom stereocenters. The predicted molar refractivity (Wildman–Crippen MR) is 93.1 cm³/mol. The SMILES string of the molecule is CCCCCCC1CCC(CCCCCCCC(=O)O)S1. The van der Waals surface area contributed by atoms with Gasteiger partial charge < -0.3 is 5.11 Å². The van der Waals surface area contributed by atoms with Crippen LogP contribution < -0.4 is 0 Å². The first kappa shape index (κ1) is 18.9. The predicted octanol–water partition coefficient (Wildman–Crippen LogP) is 6.04. The van der Waals surface area contributed by atoms with Crippen LogP contribution >= 0.6 is 11.8 Å². The molecule has 1 aliphatic rings. The number of unbranched alkanes of at least 4 members (excludes halogenated alkanes) is 7. The Kier molecular flexibility index (Phi) is 11.1. The molecule has 124 valence electrons. The Labute approximate surface area is 135 Å². The Balaban J connectivity index is 1.89. The number of carboxylic acids is 1. The highest BCUT2D eigenvalue weighted by Crippen LogP contribution is 2.39. The standard InChI is InChI=1S/C18H34O2S/c1-2-3-4-8-11-16-14-15-17(21-16)12-9-6-5-7-10-13-18(19)20/h16-17H,2-15H2,1H3,(H,19,20). The van der Waals surface area contributed by atoms with Gasteiger partial charge in [0.05, 0.1) is 0 Å². The normalized spacial score (nSPS) is 21.8. The highest BCUT2D eigenvalue weighted by Gasteiger charge is 2.24. The number of hydrogen-bond acceptors (Lipinski definition) is 2. The maximum absolute atomic E-state index is 10.4. The fourth-order valence-corrected chi connectivity index (χ4v) is 4.88. The zero-order valence-electron chi connectivity index (χ0n) is 13.8. The van der Waals surface area contributed by atoms with Gasteiger partial charge in [-0.2, -0.15) is 11.8 Å². The lowest BCUT2D eigenvalue weighted by molar-refractivity contribution is -0.137. The van der Waals surface area contributed by atoms with E-state index >= 15 is 0 Å². The molecule has 0 aromatic carbocycles. The third-order valence-corrected chi connectivity index (χ3v) is 6.20. The summed E-state index contributed by atoms with van der Waals surface area (Å²) in [6.07, 6.45) is 17.4. The zero-order valence-corrected chi connectivity index (χ0v) is 14.6. The van der Waals surface area contributed by atoms with Crippen molar-refractivity contribution in [1.82, 2.24) is 0 Å². The molecule has 2 unspecified atom stereocenters. The van der Waals surface area contributed by atoms with E-state index in [4.69, 9.17) is 5.11 Å². The molecule has 1 rings (SSSR count). The van der Waals surface area contributed by atoms with Crippen LogP contribution in [0, 0.1) is 0 Å². The van der Waals surface area contributed by atoms with Crippen molar-refractivity contribution in [3.8, 4) is 0 Å². The minimum atomic E-state index is -0.651. The molecule has 1 N–H and O–H groups in total. The molecule has 0 aliphatic carbocycles. The van der Waals surface area contributed by atoms with Gasteiger partial charge in [-0.1, -0.05) is 58.3 Å². The van der Waals surface area contributed by atoms with Gasteiger partial charge in [-0.15, -0.1) is 0 Å². The van der Waals surface area contributed by atoms with Gasteiger partial charge in [-0.25, -0.2) is 0 Å². The Bertz CT molecular complexity index is 268. The Morgan fingerprint density at radius 1 is 0.905 bits per heavy atom. The lowest BCUT2D eigenvalue weighted by Gasteiger charge is -2.11. The second-order valence-electron chi connectivity index (χ2n) is 6.51. The average Bonchev–Trinajstić information content (AvgIpc) is 2.90. The third-order valence-electron chi connectivity index (χ3n) is 4.49. The molecule has 1 fully saturated rings. The molecule has 0 aromatic rings. The fraction of sp³-hybridized carbons (Fsp3) is 0.944. The van der Waals surface area contributed by atoms with Gasteiger partial charge >= 0.3 is 5.97 Å². The second-order valence-corrected chi connectivity index (χ2v) is 8.11. The summed E-state index contributed by atoms with van der Waals surface area (Å²) in [7, 11) is 0. The minimum Gasteiger partial charge on any atom is -0.481 e. The van der Waals surface area contributed by atoms with Crippen LogP contribution in [0.3, 0.4) is 0 Å². The Morgan fingerprint density at radius 3 is 2.00 bits per heavy atom. The molecule has 1 heterocycles. The number of aliphatic carboxylic acids is 1. The van der Waals surface area contributed by atoms with Crippen LogP contribution in [0.25, 0.3) is 0 Å². The van der Waals surface area contributed by atoms with Crippen LogP contribution in [0.15, 0.2) is 0 Å². The summed E-state index contributed by atoms with van der Waals surface area (Å²) in [5, 5.41) is 10.4. The zero-order chi connectivity index (χ0) is 15.3. The first-order chi connectivity index (χ1) is 10.2. The molecule has 21 heavy (non-hydrogen) atoms. The van der Waals surface area contributed by atoms with Gasteiger partial charge in [0.25, 0.3) is 0 Å². The van der Waals surface area contributed by atoms with E-state index in [1.165, 1.54) is 70.6 Å². The monoisotopic (exact) mass is 314 g/mol. The molecule has 0 amide bonds. The first-order valence-corrected chi connectivity index (χ1v) is 10.0. The van der Waals surface area contributed by atoms with Crippen molar-refractivity contribution in [3.05, 3.63) is 0 Å². The first-order valence-electron chi connectivity index (χ1n) is 9.09. The number of rotatable bonds is 13. The van der Waals surface area contributed by atoms with Gasteiger partial charge in [-0.05, 0) is 32.1 Å². The Morgan fingerprint density at radius 2 is 1.43 bits per heavy atom. The number of hydrogen-bond donors (Lipinski definition) is 1. The summed E-state index contributed by atoms with van der Waals surface area (Å²) in [5.74, 6) is -0.651. The van der Waals surface area contributed by atoms with Crippen molar-refractivity contribution in [2.24, 2.45) is 0 Å². The van der Waals surface area contributed by atoms with Crippen molar-refractivity contribution in [2.45, 2.75) is 107 Å². The van der Waals surface area contributed by atoms with Crippen molar-refractivity contribution in [2.75, 3.05) is 0 Å². The second kappa shape index (κ2) is 12.4. The molecule has 3 heteroatoms. The summed E-state index contributed by atoms with van der Waals surface area (Å²) in [4.78, 5) is 10.4. The topological polar surface area (TPSA) is 37.3 Å². The van der Waals surface area contributed by atoms with Gasteiger partial charge in [0, 0.05) is 16.9 Å². The maximum Gasteiger partial charge on any atom is 0.303 e. The van der Waals surface area contributed by atoms with E-state index in [0.29, 0.717) is 6.42 Å². The molecular weight excluding hydrogens is 280 g/mol. The molecule has 2 nitrogen and oxygen atoms in total. The summed E-state index contributed by atoms with van der Waals surface area (Å²) in [5.41, 5.74) is 0. The van der Waals surface area contributed by atoms with E-state index in [-0.39, 0.29) is 0 Å².